The van der Waals surface area contributed by atoms with Gasteiger partial charge in [-0.1, -0.05) is 0 Å². The summed E-state index contributed by atoms with van der Waals surface area (Å²) in [5, 5.41) is 0. The molecule has 0 unspecified atom stereocenters. The van der Waals surface area contributed by atoms with Crippen LogP contribution in [0.2, 0.25) is 0 Å². The van der Waals surface area contributed by atoms with E-state index in [0.29, 0.717) is 12.1 Å². The second-order valence-corrected chi connectivity index (χ2v) is 2.82. The van der Waals surface area contributed by atoms with Crippen molar-refractivity contribution in [2.45, 2.75) is 37.8 Å². The van der Waals surface area contributed by atoms with Crippen LogP contribution in [-0.4, -0.2) is 18.5 Å². The fourth-order valence-corrected chi connectivity index (χ4v) is 1.54. The molecule has 1 saturated carbocycles. The van der Waals surface area contributed by atoms with Crippen LogP contribution in [0.4, 0.5) is 0 Å². The smallest absolute Gasteiger partial charge is 0.170 e. The first-order valence-electron chi connectivity index (χ1n) is 3.62. The number of rotatable bonds is 0. The zero-order chi connectivity index (χ0) is 6.10. The minimum Gasteiger partial charge on any atom is -0.480 e. The van der Waals surface area contributed by atoms with E-state index in [1.165, 1.54) is 25.7 Å². The van der Waals surface area contributed by atoms with Gasteiger partial charge < -0.3 is 4.74 Å². The number of hydrogen-bond acceptors (Lipinski definition) is 2. The summed E-state index contributed by atoms with van der Waals surface area (Å²) >= 11 is 0. The first-order chi connectivity index (χ1) is 4.45. The van der Waals surface area contributed by atoms with E-state index in [4.69, 9.17) is 4.74 Å². The third kappa shape index (κ3) is 0.934. The molecule has 2 bridgehead atoms. The molecule has 0 aromatic heterocycles. The Morgan fingerprint density at radius 2 is 2.00 bits per heavy atom. The normalized spacial score (nSPS) is 40.0. The van der Waals surface area contributed by atoms with Gasteiger partial charge in [0.2, 0.25) is 0 Å². The molecule has 3 aliphatic rings. The predicted octanol–water partition coefficient (Wildman–Crippen LogP) is 1.36. The summed E-state index contributed by atoms with van der Waals surface area (Å²) in [5.41, 5.74) is 0. The zero-order valence-electron chi connectivity index (χ0n) is 5.42. The fourth-order valence-electron chi connectivity index (χ4n) is 1.54. The Morgan fingerprint density at radius 3 is 2.78 bits per heavy atom. The van der Waals surface area contributed by atoms with Crippen LogP contribution < -0.4 is 0 Å². The Morgan fingerprint density at radius 1 is 1.22 bits per heavy atom. The summed E-state index contributed by atoms with van der Waals surface area (Å²) in [5.74, 6) is 0. The summed E-state index contributed by atoms with van der Waals surface area (Å²) in [6.45, 7) is 0. The van der Waals surface area contributed by atoms with Crippen molar-refractivity contribution in [2.24, 2.45) is 4.99 Å². The molecule has 0 N–H and O–H groups in total. The summed E-state index contributed by atoms with van der Waals surface area (Å²) in [7, 11) is 0. The van der Waals surface area contributed by atoms with Gasteiger partial charge >= 0.3 is 0 Å². The van der Waals surface area contributed by atoms with Crippen molar-refractivity contribution in [3.05, 3.63) is 0 Å². The quantitative estimate of drug-likeness (QED) is 0.479. The number of aliphatic imine (C=N–C) groups is 1. The van der Waals surface area contributed by atoms with Crippen molar-refractivity contribution in [3.63, 3.8) is 0 Å². The Kier molecular flexibility index (Phi) is 1.18. The van der Waals surface area contributed by atoms with E-state index < -0.39 is 0 Å². The molecule has 0 saturated heterocycles. The van der Waals surface area contributed by atoms with Gasteiger partial charge in [0.1, 0.15) is 0 Å². The molecule has 0 radical (unpaired) electrons. The van der Waals surface area contributed by atoms with Crippen LogP contribution >= 0.6 is 0 Å². The molecule has 1 fully saturated rings. The minimum atomic E-state index is 0.493. The first kappa shape index (κ1) is 5.27. The van der Waals surface area contributed by atoms with Gasteiger partial charge in [-0.25, -0.2) is 0 Å². The maximum Gasteiger partial charge on any atom is 0.170 e. The Hall–Kier alpha value is -0.530. The first-order valence-corrected chi connectivity index (χ1v) is 3.62. The maximum atomic E-state index is 5.30. The Labute approximate surface area is 54.9 Å². The highest BCUT2D eigenvalue weighted by molar-refractivity contribution is 5.47. The largest absolute Gasteiger partial charge is 0.480 e. The highest BCUT2D eigenvalue weighted by atomic mass is 16.5. The van der Waals surface area contributed by atoms with Gasteiger partial charge in [-0.05, 0) is 25.7 Å². The van der Waals surface area contributed by atoms with E-state index >= 15 is 0 Å². The molecule has 2 aliphatic heterocycles. The molecule has 2 nitrogen and oxygen atoms in total. The topological polar surface area (TPSA) is 21.6 Å². The van der Waals surface area contributed by atoms with Crippen LogP contribution in [0.25, 0.3) is 0 Å². The Balaban J connectivity index is 2.13. The monoisotopic (exact) mass is 125 g/mol. The molecule has 0 aromatic carbocycles. The maximum absolute atomic E-state index is 5.30. The van der Waals surface area contributed by atoms with E-state index in [9.17, 15) is 0 Å². The second-order valence-electron chi connectivity index (χ2n) is 2.82. The zero-order valence-corrected chi connectivity index (χ0v) is 5.42. The molecule has 9 heavy (non-hydrogen) atoms. The lowest BCUT2D eigenvalue weighted by Gasteiger charge is -2.19. The fraction of sp³-hybridized carbons (Fsp3) is 0.857. The molecule has 50 valence electrons. The van der Waals surface area contributed by atoms with Crippen LogP contribution in [0.15, 0.2) is 4.99 Å². The van der Waals surface area contributed by atoms with Crippen LogP contribution in [0.5, 0.6) is 0 Å². The highest BCUT2D eigenvalue weighted by Gasteiger charge is 2.23. The van der Waals surface area contributed by atoms with Crippen molar-refractivity contribution in [3.8, 4) is 0 Å². The average Bonchev–Trinajstić information content (AvgIpc) is 2.21. The lowest BCUT2D eigenvalue weighted by atomic mass is 9.94. The van der Waals surface area contributed by atoms with Gasteiger partial charge in [0, 0.05) is 0 Å². The van der Waals surface area contributed by atoms with Crippen molar-refractivity contribution in [2.75, 3.05) is 0 Å². The SMILES string of the molecule is C1=NC2CCC(CC2)O1. The van der Waals surface area contributed by atoms with Gasteiger partial charge in [-0.15, -0.1) is 0 Å². The van der Waals surface area contributed by atoms with Gasteiger partial charge in [-0.2, -0.15) is 0 Å². The molecule has 2 heterocycles. The summed E-state index contributed by atoms with van der Waals surface area (Å²) in [6, 6.07) is 0.587. The summed E-state index contributed by atoms with van der Waals surface area (Å²) < 4.78 is 5.30. The second kappa shape index (κ2) is 2.01. The van der Waals surface area contributed by atoms with E-state index in [2.05, 4.69) is 4.99 Å². The third-order valence-electron chi connectivity index (χ3n) is 2.17. The lowest BCUT2D eigenvalue weighted by Crippen LogP contribution is -2.18. The highest BCUT2D eigenvalue weighted by Crippen LogP contribution is 2.25. The van der Waals surface area contributed by atoms with Crippen LogP contribution in [0.3, 0.4) is 0 Å². The molecular formula is C7H11NO. The number of hydrogen-bond donors (Lipinski definition) is 0. The van der Waals surface area contributed by atoms with Crippen molar-refractivity contribution in [1.29, 1.82) is 0 Å². The van der Waals surface area contributed by atoms with Gasteiger partial charge in [0.05, 0.1) is 12.1 Å². The number of ether oxygens (including phenoxy) is 1. The van der Waals surface area contributed by atoms with Crippen LogP contribution in [-0.2, 0) is 4.74 Å². The number of nitrogens with zero attached hydrogens (tertiary/aromatic N) is 1. The van der Waals surface area contributed by atoms with Gasteiger partial charge in [0.25, 0.3) is 0 Å². The summed E-state index contributed by atoms with van der Waals surface area (Å²) in [6.07, 6.45) is 7.04. The van der Waals surface area contributed by atoms with Crippen molar-refractivity contribution in [1.82, 2.24) is 0 Å². The predicted molar refractivity (Wildman–Crippen MR) is 35.6 cm³/mol. The van der Waals surface area contributed by atoms with Crippen LogP contribution in [0, 0.1) is 0 Å². The summed E-state index contributed by atoms with van der Waals surface area (Å²) in [4.78, 5) is 4.24. The van der Waals surface area contributed by atoms with Crippen molar-refractivity contribution >= 4 is 6.40 Å². The molecule has 1 aliphatic carbocycles. The average molecular weight is 125 g/mol. The minimum absolute atomic E-state index is 0.493. The molecule has 3 rings (SSSR count). The van der Waals surface area contributed by atoms with Crippen molar-refractivity contribution < 1.29 is 4.74 Å². The van der Waals surface area contributed by atoms with E-state index in [1.54, 1.807) is 6.40 Å². The molecule has 2 heteroatoms. The third-order valence-corrected chi connectivity index (χ3v) is 2.17. The standard InChI is InChI=1S/C7H11NO/c1-3-7-4-2-6(1)8-5-9-7/h5-7H,1-4H2. The van der Waals surface area contributed by atoms with E-state index in [-0.39, 0.29) is 0 Å². The molecule has 0 atom stereocenters. The van der Waals surface area contributed by atoms with Gasteiger partial charge in [0.15, 0.2) is 6.40 Å². The molecular weight excluding hydrogens is 114 g/mol. The van der Waals surface area contributed by atoms with E-state index in [0.717, 1.165) is 0 Å². The van der Waals surface area contributed by atoms with E-state index in [1.807, 2.05) is 0 Å². The van der Waals surface area contributed by atoms with Gasteiger partial charge in [-0.3, -0.25) is 4.99 Å². The molecule has 0 aromatic rings. The molecule has 0 amide bonds. The Bertz CT molecular complexity index is 125. The lowest BCUT2D eigenvalue weighted by molar-refractivity contribution is 0.161. The van der Waals surface area contributed by atoms with Crippen LogP contribution in [0.1, 0.15) is 25.7 Å². The molecule has 0 spiro atoms. The number of fused-ring (bicyclic) bond motifs is 3.